The van der Waals surface area contributed by atoms with Crippen LogP contribution in [0.4, 0.5) is 0 Å². The molecule has 1 unspecified atom stereocenters. The molecule has 2 heterocycles. The molecule has 134 valence electrons. The number of rotatable bonds is 3. The van der Waals surface area contributed by atoms with E-state index in [-0.39, 0.29) is 30.3 Å². The summed E-state index contributed by atoms with van der Waals surface area (Å²) in [5.41, 5.74) is 5.84. The van der Waals surface area contributed by atoms with Crippen molar-refractivity contribution in [3.05, 3.63) is 0 Å². The van der Waals surface area contributed by atoms with E-state index in [2.05, 4.69) is 0 Å². The maximum absolute atomic E-state index is 12.8. The minimum atomic E-state index is -3.33. The van der Waals surface area contributed by atoms with Gasteiger partial charge in [-0.05, 0) is 32.1 Å². The Balaban J connectivity index is 0.00000192. The van der Waals surface area contributed by atoms with Crippen LogP contribution in [0.15, 0.2) is 0 Å². The number of sulfonamides is 1. The topological polar surface area (TPSA) is 83.7 Å². The van der Waals surface area contributed by atoms with Gasteiger partial charge in [-0.2, -0.15) is 0 Å². The molecule has 0 bridgehead atoms. The average Bonchev–Trinajstić information content (AvgIpc) is 3.18. The van der Waals surface area contributed by atoms with Crippen LogP contribution in [-0.4, -0.2) is 61.0 Å². The molecule has 23 heavy (non-hydrogen) atoms. The number of carbonyl (C=O) groups excluding carboxylic acids is 1. The molecular formula is C15H28ClN3O3S. The van der Waals surface area contributed by atoms with Crippen molar-refractivity contribution in [2.24, 2.45) is 11.7 Å². The zero-order valence-corrected chi connectivity index (χ0v) is 15.2. The molecular weight excluding hydrogens is 338 g/mol. The molecule has 0 radical (unpaired) electrons. The van der Waals surface area contributed by atoms with Gasteiger partial charge in [-0.3, -0.25) is 4.79 Å². The SMILES string of the molecule is Cl.N[C@H]1CCN(S(=O)(=O)C2CCCN(C(=O)C3CCCC3)C2)C1. The second-order valence-corrected chi connectivity index (χ2v) is 9.19. The van der Waals surface area contributed by atoms with Crippen molar-refractivity contribution >= 4 is 28.3 Å². The third-order valence-electron chi connectivity index (χ3n) is 5.36. The summed E-state index contributed by atoms with van der Waals surface area (Å²) in [4.78, 5) is 14.3. The summed E-state index contributed by atoms with van der Waals surface area (Å²) < 4.78 is 27.0. The van der Waals surface area contributed by atoms with Crippen LogP contribution in [0.25, 0.3) is 0 Å². The van der Waals surface area contributed by atoms with Gasteiger partial charge in [-0.25, -0.2) is 12.7 Å². The molecule has 1 amide bonds. The van der Waals surface area contributed by atoms with Crippen LogP contribution in [0.5, 0.6) is 0 Å². The molecule has 2 atom stereocenters. The summed E-state index contributed by atoms with van der Waals surface area (Å²) in [6.45, 7) is 2.02. The Kier molecular flexibility index (Phi) is 6.33. The van der Waals surface area contributed by atoms with E-state index in [0.29, 0.717) is 32.6 Å². The van der Waals surface area contributed by atoms with Crippen molar-refractivity contribution < 1.29 is 13.2 Å². The molecule has 2 aliphatic heterocycles. The summed E-state index contributed by atoms with van der Waals surface area (Å²) in [6.07, 6.45) is 6.35. The highest BCUT2D eigenvalue weighted by Crippen LogP contribution is 2.29. The first-order valence-corrected chi connectivity index (χ1v) is 10.0. The van der Waals surface area contributed by atoms with Crippen LogP contribution < -0.4 is 5.73 Å². The Bertz CT molecular complexity index is 522. The number of piperidine rings is 1. The summed E-state index contributed by atoms with van der Waals surface area (Å²) in [7, 11) is -3.33. The van der Waals surface area contributed by atoms with Crippen molar-refractivity contribution in [1.82, 2.24) is 9.21 Å². The zero-order valence-electron chi connectivity index (χ0n) is 13.5. The van der Waals surface area contributed by atoms with Crippen molar-refractivity contribution in [3.63, 3.8) is 0 Å². The molecule has 0 spiro atoms. The first-order chi connectivity index (χ1) is 10.5. The Hall–Kier alpha value is -0.370. The van der Waals surface area contributed by atoms with E-state index in [4.69, 9.17) is 5.73 Å². The standard InChI is InChI=1S/C15H27N3O3S.ClH/c16-13-7-9-18(10-13)22(20,21)14-6-3-8-17(11-14)15(19)12-4-1-2-5-12;/h12-14H,1-11,16H2;1H/t13-,14?;/m0./s1. The second kappa shape index (κ2) is 7.68. The first kappa shape index (κ1) is 19.0. The fourth-order valence-electron chi connectivity index (χ4n) is 4.01. The van der Waals surface area contributed by atoms with Crippen LogP contribution in [-0.2, 0) is 14.8 Å². The largest absolute Gasteiger partial charge is 0.341 e. The summed E-state index contributed by atoms with van der Waals surface area (Å²) in [5.74, 6) is 0.303. The van der Waals surface area contributed by atoms with Crippen LogP contribution in [0.2, 0.25) is 0 Å². The normalized spacial score (nSPS) is 30.4. The lowest BCUT2D eigenvalue weighted by molar-refractivity contribution is -0.136. The number of amides is 1. The highest BCUT2D eigenvalue weighted by atomic mass is 35.5. The fourth-order valence-corrected chi connectivity index (χ4v) is 6.02. The van der Waals surface area contributed by atoms with E-state index in [0.717, 1.165) is 38.5 Å². The smallest absolute Gasteiger partial charge is 0.225 e. The zero-order chi connectivity index (χ0) is 15.7. The van der Waals surface area contributed by atoms with Crippen LogP contribution in [0.3, 0.4) is 0 Å². The van der Waals surface area contributed by atoms with E-state index in [9.17, 15) is 13.2 Å². The van der Waals surface area contributed by atoms with Gasteiger partial charge in [0.2, 0.25) is 15.9 Å². The monoisotopic (exact) mass is 365 g/mol. The molecule has 3 fully saturated rings. The van der Waals surface area contributed by atoms with E-state index >= 15 is 0 Å². The molecule has 0 aromatic rings. The van der Waals surface area contributed by atoms with Crippen LogP contribution in [0, 0.1) is 5.92 Å². The number of halogens is 1. The van der Waals surface area contributed by atoms with Gasteiger partial charge in [0, 0.05) is 38.1 Å². The Morgan fingerprint density at radius 3 is 2.26 bits per heavy atom. The van der Waals surface area contributed by atoms with Gasteiger partial charge in [0.15, 0.2) is 0 Å². The molecule has 1 saturated carbocycles. The average molecular weight is 366 g/mol. The van der Waals surface area contributed by atoms with E-state index in [1.54, 1.807) is 4.90 Å². The van der Waals surface area contributed by atoms with Crippen molar-refractivity contribution in [3.8, 4) is 0 Å². The molecule has 8 heteroatoms. The number of nitrogens with two attached hydrogens (primary N) is 1. The number of hydrogen-bond acceptors (Lipinski definition) is 4. The quantitative estimate of drug-likeness (QED) is 0.807. The molecule has 2 N–H and O–H groups in total. The third-order valence-corrected chi connectivity index (χ3v) is 7.64. The van der Waals surface area contributed by atoms with Gasteiger partial charge in [0.1, 0.15) is 0 Å². The van der Waals surface area contributed by atoms with Gasteiger partial charge < -0.3 is 10.6 Å². The molecule has 3 rings (SSSR count). The van der Waals surface area contributed by atoms with Gasteiger partial charge in [0.25, 0.3) is 0 Å². The molecule has 0 aromatic carbocycles. The molecule has 6 nitrogen and oxygen atoms in total. The minimum Gasteiger partial charge on any atom is -0.341 e. The minimum absolute atomic E-state index is 0. The Morgan fingerprint density at radius 2 is 1.65 bits per heavy atom. The maximum atomic E-state index is 12.8. The molecule has 2 saturated heterocycles. The van der Waals surface area contributed by atoms with Gasteiger partial charge >= 0.3 is 0 Å². The van der Waals surface area contributed by atoms with Gasteiger partial charge in [0.05, 0.1) is 5.25 Å². The van der Waals surface area contributed by atoms with E-state index < -0.39 is 15.3 Å². The third kappa shape index (κ3) is 4.00. The number of nitrogens with zero attached hydrogens (tertiary/aromatic N) is 2. The predicted octanol–water partition coefficient (Wildman–Crippen LogP) is 0.952. The highest BCUT2D eigenvalue weighted by molar-refractivity contribution is 7.89. The predicted molar refractivity (Wildman–Crippen MR) is 91.9 cm³/mol. The van der Waals surface area contributed by atoms with Gasteiger partial charge in [-0.1, -0.05) is 12.8 Å². The summed E-state index contributed by atoms with van der Waals surface area (Å²) in [6, 6.07) is -0.0467. The molecule has 0 aromatic heterocycles. The van der Waals surface area contributed by atoms with Gasteiger partial charge in [-0.15, -0.1) is 12.4 Å². The lowest BCUT2D eigenvalue weighted by Crippen LogP contribution is -2.50. The summed E-state index contributed by atoms with van der Waals surface area (Å²) >= 11 is 0. The summed E-state index contributed by atoms with van der Waals surface area (Å²) in [5, 5.41) is -0.447. The van der Waals surface area contributed by atoms with E-state index in [1.807, 2.05) is 0 Å². The lowest BCUT2D eigenvalue weighted by atomic mass is 10.0. The Labute approximate surface area is 145 Å². The van der Waals surface area contributed by atoms with Crippen molar-refractivity contribution in [1.29, 1.82) is 0 Å². The molecule has 1 aliphatic carbocycles. The highest BCUT2D eigenvalue weighted by Gasteiger charge is 2.40. The lowest BCUT2D eigenvalue weighted by Gasteiger charge is -2.35. The van der Waals surface area contributed by atoms with Crippen LogP contribution >= 0.6 is 12.4 Å². The number of carbonyl (C=O) groups is 1. The Morgan fingerprint density at radius 1 is 0.957 bits per heavy atom. The van der Waals surface area contributed by atoms with E-state index in [1.165, 1.54) is 4.31 Å². The molecule has 3 aliphatic rings. The van der Waals surface area contributed by atoms with Crippen molar-refractivity contribution in [2.75, 3.05) is 26.2 Å². The van der Waals surface area contributed by atoms with Crippen molar-refractivity contribution in [2.45, 2.75) is 56.2 Å². The first-order valence-electron chi connectivity index (χ1n) is 8.52. The maximum Gasteiger partial charge on any atom is 0.225 e. The second-order valence-electron chi connectivity index (χ2n) is 6.98. The fraction of sp³-hybridized carbons (Fsp3) is 0.933. The number of likely N-dealkylation sites (tertiary alicyclic amines) is 1. The van der Waals surface area contributed by atoms with Crippen LogP contribution in [0.1, 0.15) is 44.9 Å². The number of hydrogen-bond donors (Lipinski definition) is 1.